The summed E-state index contributed by atoms with van der Waals surface area (Å²) in [6, 6.07) is 13.3. The first-order valence-electron chi connectivity index (χ1n) is 8.18. The SMILES string of the molecule is COc1ccc(-c2cc(C(=O)Nc3nc4ccc(F)cc4n3C)[nH]n2)cc1. The lowest BCUT2D eigenvalue weighted by Crippen LogP contribution is -2.15. The molecule has 4 rings (SSSR count). The number of nitrogens with zero attached hydrogens (tertiary/aromatic N) is 3. The van der Waals surface area contributed by atoms with Gasteiger partial charge in [0, 0.05) is 12.6 Å². The topological polar surface area (TPSA) is 84.8 Å². The van der Waals surface area contributed by atoms with Crippen molar-refractivity contribution in [1.82, 2.24) is 19.7 Å². The minimum Gasteiger partial charge on any atom is -0.497 e. The summed E-state index contributed by atoms with van der Waals surface area (Å²) >= 11 is 0. The number of rotatable bonds is 4. The van der Waals surface area contributed by atoms with Crippen LogP contribution >= 0.6 is 0 Å². The maximum atomic E-state index is 13.4. The predicted octanol–water partition coefficient (Wildman–Crippen LogP) is 3.36. The highest BCUT2D eigenvalue weighted by atomic mass is 19.1. The standard InChI is InChI=1S/C19H16FN5O2/c1-25-17-9-12(20)5-8-14(17)21-19(25)22-18(26)16-10-15(23-24-16)11-3-6-13(27-2)7-4-11/h3-10H,1-2H3,(H,23,24)(H,21,22,26). The van der Waals surface area contributed by atoms with Crippen LogP contribution in [0.4, 0.5) is 10.3 Å². The van der Waals surface area contributed by atoms with E-state index in [9.17, 15) is 9.18 Å². The molecular weight excluding hydrogens is 349 g/mol. The van der Waals surface area contributed by atoms with Crippen LogP contribution < -0.4 is 10.1 Å². The second-order valence-corrected chi connectivity index (χ2v) is 5.98. The number of imidazole rings is 1. The van der Waals surface area contributed by atoms with Crippen LogP contribution in [0.15, 0.2) is 48.5 Å². The predicted molar refractivity (Wildman–Crippen MR) is 99.2 cm³/mol. The smallest absolute Gasteiger partial charge is 0.275 e. The number of carbonyl (C=O) groups excluding carboxylic acids is 1. The summed E-state index contributed by atoms with van der Waals surface area (Å²) in [6.07, 6.45) is 0. The van der Waals surface area contributed by atoms with Gasteiger partial charge in [-0.1, -0.05) is 0 Å². The molecule has 0 bridgehead atoms. The molecule has 2 heterocycles. The molecule has 2 aromatic heterocycles. The molecule has 1 amide bonds. The molecular formula is C19H16FN5O2. The summed E-state index contributed by atoms with van der Waals surface area (Å²) in [7, 11) is 3.31. The number of aromatic amines is 1. The largest absolute Gasteiger partial charge is 0.497 e. The number of ether oxygens (including phenoxy) is 1. The first kappa shape index (κ1) is 16.8. The number of hydrogen-bond acceptors (Lipinski definition) is 4. The van der Waals surface area contributed by atoms with Gasteiger partial charge >= 0.3 is 0 Å². The average Bonchev–Trinajstić information content (AvgIpc) is 3.28. The van der Waals surface area contributed by atoms with E-state index in [0.717, 1.165) is 11.3 Å². The molecule has 27 heavy (non-hydrogen) atoms. The van der Waals surface area contributed by atoms with Gasteiger partial charge < -0.3 is 9.30 Å². The third-order valence-electron chi connectivity index (χ3n) is 4.28. The first-order chi connectivity index (χ1) is 13.0. The van der Waals surface area contributed by atoms with Gasteiger partial charge in [-0.2, -0.15) is 5.10 Å². The van der Waals surface area contributed by atoms with Gasteiger partial charge in [0.15, 0.2) is 0 Å². The number of carbonyl (C=O) groups is 1. The van der Waals surface area contributed by atoms with Crippen LogP contribution in [0.2, 0.25) is 0 Å². The number of fused-ring (bicyclic) bond motifs is 1. The maximum absolute atomic E-state index is 13.4. The Hall–Kier alpha value is -3.68. The van der Waals surface area contributed by atoms with Crippen molar-refractivity contribution in [2.75, 3.05) is 12.4 Å². The van der Waals surface area contributed by atoms with E-state index in [4.69, 9.17) is 4.74 Å². The summed E-state index contributed by atoms with van der Waals surface area (Å²) < 4.78 is 20.2. The number of hydrogen-bond donors (Lipinski definition) is 2. The van der Waals surface area contributed by atoms with E-state index in [0.29, 0.717) is 28.4 Å². The Morgan fingerprint density at radius 2 is 1.96 bits per heavy atom. The Kier molecular flexibility index (Phi) is 4.08. The van der Waals surface area contributed by atoms with Gasteiger partial charge in [0.1, 0.15) is 17.3 Å². The minimum absolute atomic E-state index is 0.291. The van der Waals surface area contributed by atoms with Crippen LogP contribution in [0.25, 0.3) is 22.3 Å². The second-order valence-electron chi connectivity index (χ2n) is 5.98. The molecule has 0 aliphatic carbocycles. The van der Waals surface area contributed by atoms with Gasteiger partial charge in [-0.3, -0.25) is 15.2 Å². The summed E-state index contributed by atoms with van der Waals surface area (Å²) in [5, 5.41) is 9.62. The quantitative estimate of drug-likeness (QED) is 0.581. The van der Waals surface area contributed by atoms with Gasteiger partial charge in [-0.05, 0) is 48.5 Å². The molecule has 0 atom stereocenters. The Balaban J connectivity index is 1.57. The van der Waals surface area contributed by atoms with Gasteiger partial charge in [0.25, 0.3) is 5.91 Å². The Morgan fingerprint density at radius 3 is 2.70 bits per heavy atom. The van der Waals surface area contributed by atoms with Crippen LogP contribution in [-0.2, 0) is 7.05 Å². The van der Waals surface area contributed by atoms with Gasteiger partial charge in [0.05, 0.1) is 23.8 Å². The number of amides is 1. The number of aromatic nitrogens is 4. The van der Waals surface area contributed by atoms with Crippen molar-refractivity contribution in [3.8, 4) is 17.0 Å². The molecule has 7 nitrogen and oxygen atoms in total. The summed E-state index contributed by atoms with van der Waals surface area (Å²) in [5.41, 5.74) is 2.96. The van der Waals surface area contributed by atoms with Gasteiger partial charge in [-0.15, -0.1) is 0 Å². The average molecular weight is 365 g/mol. The molecule has 0 aliphatic rings. The highest BCUT2D eigenvalue weighted by molar-refractivity contribution is 6.03. The van der Waals surface area contributed by atoms with Crippen molar-refractivity contribution in [1.29, 1.82) is 0 Å². The zero-order chi connectivity index (χ0) is 19.0. The molecule has 0 spiro atoms. The zero-order valence-electron chi connectivity index (χ0n) is 14.7. The molecule has 0 fully saturated rings. The Bertz CT molecular complexity index is 1130. The molecule has 0 radical (unpaired) electrons. The highest BCUT2D eigenvalue weighted by Gasteiger charge is 2.15. The van der Waals surface area contributed by atoms with Crippen LogP contribution in [0.1, 0.15) is 10.5 Å². The van der Waals surface area contributed by atoms with Crippen molar-refractivity contribution in [3.05, 3.63) is 60.0 Å². The van der Waals surface area contributed by atoms with Crippen molar-refractivity contribution in [2.24, 2.45) is 7.05 Å². The number of anilines is 1. The molecule has 0 unspecified atom stereocenters. The van der Waals surface area contributed by atoms with Crippen LogP contribution in [0, 0.1) is 5.82 Å². The van der Waals surface area contributed by atoms with Crippen LogP contribution in [0.3, 0.4) is 0 Å². The van der Waals surface area contributed by atoms with E-state index in [2.05, 4.69) is 20.5 Å². The lowest BCUT2D eigenvalue weighted by molar-refractivity contribution is 0.102. The fourth-order valence-corrected chi connectivity index (χ4v) is 2.79. The number of benzene rings is 2. The van der Waals surface area contributed by atoms with E-state index in [1.54, 1.807) is 30.9 Å². The number of halogens is 1. The molecule has 0 aliphatic heterocycles. The van der Waals surface area contributed by atoms with E-state index in [1.165, 1.54) is 12.1 Å². The lowest BCUT2D eigenvalue weighted by Gasteiger charge is -2.03. The Morgan fingerprint density at radius 1 is 1.19 bits per heavy atom. The van der Waals surface area contributed by atoms with Crippen LogP contribution in [0.5, 0.6) is 5.75 Å². The molecule has 0 saturated carbocycles. The fraction of sp³-hybridized carbons (Fsp3) is 0.105. The monoisotopic (exact) mass is 365 g/mol. The van der Waals surface area contributed by atoms with E-state index < -0.39 is 0 Å². The van der Waals surface area contributed by atoms with E-state index >= 15 is 0 Å². The van der Waals surface area contributed by atoms with Crippen molar-refractivity contribution >= 4 is 22.9 Å². The zero-order valence-corrected chi connectivity index (χ0v) is 14.7. The van der Waals surface area contributed by atoms with Crippen molar-refractivity contribution in [3.63, 3.8) is 0 Å². The summed E-state index contributed by atoms with van der Waals surface area (Å²) in [5.74, 6) is 0.314. The molecule has 2 aromatic carbocycles. The third-order valence-corrected chi connectivity index (χ3v) is 4.28. The number of H-pyrrole nitrogens is 1. The number of methoxy groups -OCH3 is 1. The minimum atomic E-state index is -0.388. The molecule has 8 heteroatoms. The van der Waals surface area contributed by atoms with Crippen molar-refractivity contribution in [2.45, 2.75) is 0 Å². The van der Waals surface area contributed by atoms with E-state index in [-0.39, 0.29) is 11.7 Å². The maximum Gasteiger partial charge on any atom is 0.275 e. The second kappa shape index (κ2) is 6.56. The normalized spacial score (nSPS) is 10.9. The van der Waals surface area contributed by atoms with Crippen molar-refractivity contribution < 1.29 is 13.9 Å². The first-order valence-corrected chi connectivity index (χ1v) is 8.18. The third kappa shape index (κ3) is 3.12. The number of nitrogens with one attached hydrogen (secondary N) is 2. The highest BCUT2D eigenvalue weighted by Crippen LogP contribution is 2.22. The van der Waals surface area contributed by atoms with E-state index in [1.807, 2.05) is 24.3 Å². The van der Waals surface area contributed by atoms with Crippen LogP contribution in [-0.4, -0.2) is 32.8 Å². The Labute approximate surface area is 153 Å². The fourth-order valence-electron chi connectivity index (χ4n) is 2.79. The summed E-state index contributed by atoms with van der Waals surface area (Å²) in [6.45, 7) is 0. The molecule has 2 N–H and O–H groups in total. The summed E-state index contributed by atoms with van der Waals surface area (Å²) in [4.78, 5) is 16.8. The van der Waals surface area contributed by atoms with Gasteiger partial charge in [0.2, 0.25) is 5.95 Å². The lowest BCUT2D eigenvalue weighted by atomic mass is 10.1. The number of aryl methyl sites for hydroxylation is 1. The molecule has 0 saturated heterocycles. The molecule has 4 aromatic rings. The molecule has 136 valence electrons. The van der Waals surface area contributed by atoms with Gasteiger partial charge in [-0.25, -0.2) is 9.37 Å².